The second-order valence-electron chi connectivity index (χ2n) is 7.63. The molecule has 29 heavy (non-hydrogen) atoms. The van der Waals surface area contributed by atoms with Gasteiger partial charge in [0.1, 0.15) is 11.5 Å². The van der Waals surface area contributed by atoms with Crippen molar-refractivity contribution >= 4 is 39.9 Å². The van der Waals surface area contributed by atoms with Crippen molar-refractivity contribution in [2.75, 3.05) is 11.4 Å². The third kappa shape index (κ3) is 2.90. The maximum atomic E-state index is 6.38. The van der Waals surface area contributed by atoms with Gasteiger partial charge in [0.25, 0.3) is 0 Å². The Balaban J connectivity index is 1.66. The largest absolute Gasteiger partial charge is 0.357 e. The maximum absolute atomic E-state index is 6.38. The summed E-state index contributed by atoms with van der Waals surface area (Å²) in [4.78, 5) is 12.5. The summed E-state index contributed by atoms with van der Waals surface area (Å²) in [5, 5.41) is 10.1. The number of aromatic amines is 1. The van der Waals surface area contributed by atoms with Crippen molar-refractivity contribution in [3.05, 3.63) is 64.2 Å². The molecule has 1 aliphatic heterocycles. The van der Waals surface area contributed by atoms with Gasteiger partial charge in [0.15, 0.2) is 0 Å². The standard InChI is InChI=1S/C21H20Cl2N6/c1-13-15(23)5-6-16-19(13)27-20(26-16)21(2)8-3-11-28(21)18-12-14(22)4-7-17(18)29-24-9-10-25-29/h4-7,9-10,12H,3,8,11H2,1-2H3,(H,26,27)/t21-/m0/s1. The molecule has 0 bridgehead atoms. The number of rotatable bonds is 3. The summed E-state index contributed by atoms with van der Waals surface area (Å²) in [6.07, 6.45) is 5.37. The molecule has 148 valence electrons. The van der Waals surface area contributed by atoms with Crippen LogP contribution in [0.25, 0.3) is 16.7 Å². The Bertz CT molecular complexity index is 1200. The molecule has 1 N–H and O–H groups in total. The lowest BCUT2D eigenvalue weighted by Gasteiger charge is -2.36. The monoisotopic (exact) mass is 426 g/mol. The van der Waals surface area contributed by atoms with Crippen LogP contribution < -0.4 is 4.90 Å². The van der Waals surface area contributed by atoms with Crippen LogP contribution in [0, 0.1) is 6.92 Å². The van der Waals surface area contributed by atoms with Crippen LogP contribution in [0.1, 0.15) is 31.2 Å². The minimum absolute atomic E-state index is 0.315. The molecule has 2 aromatic carbocycles. The van der Waals surface area contributed by atoms with Gasteiger partial charge in [0.2, 0.25) is 0 Å². The van der Waals surface area contributed by atoms with E-state index in [2.05, 4.69) is 27.0 Å². The number of nitrogens with zero attached hydrogens (tertiary/aromatic N) is 5. The van der Waals surface area contributed by atoms with Crippen molar-refractivity contribution < 1.29 is 0 Å². The minimum atomic E-state index is -0.315. The second-order valence-corrected chi connectivity index (χ2v) is 8.48. The first-order valence-corrected chi connectivity index (χ1v) is 10.3. The van der Waals surface area contributed by atoms with Crippen molar-refractivity contribution in [1.82, 2.24) is 25.0 Å². The Morgan fingerprint density at radius 2 is 1.86 bits per heavy atom. The van der Waals surface area contributed by atoms with Crippen molar-refractivity contribution in [2.45, 2.75) is 32.2 Å². The van der Waals surface area contributed by atoms with E-state index in [9.17, 15) is 0 Å². The third-order valence-corrected chi connectivity index (χ3v) is 6.50. The number of nitrogens with one attached hydrogen (secondary N) is 1. The molecular formula is C21H20Cl2N6. The van der Waals surface area contributed by atoms with Crippen molar-refractivity contribution in [3.8, 4) is 5.69 Å². The van der Waals surface area contributed by atoms with Crippen LogP contribution in [-0.2, 0) is 5.54 Å². The van der Waals surface area contributed by atoms with Gasteiger partial charge in [-0.05, 0) is 62.6 Å². The number of aromatic nitrogens is 5. The van der Waals surface area contributed by atoms with Gasteiger partial charge in [-0.15, -0.1) is 4.80 Å². The molecule has 0 unspecified atom stereocenters. The Morgan fingerprint density at radius 3 is 2.66 bits per heavy atom. The highest BCUT2D eigenvalue weighted by molar-refractivity contribution is 6.32. The summed E-state index contributed by atoms with van der Waals surface area (Å²) in [5.41, 5.74) is 4.47. The lowest BCUT2D eigenvalue weighted by molar-refractivity contribution is 0.466. The zero-order valence-electron chi connectivity index (χ0n) is 16.2. The second kappa shape index (κ2) is 6.75. The number of halogens is 2. The highest BCUT2D eigenvalue weighted by Gasteiger charge is 2.42. The molecular weight excluding hydrogens is 407 g/mol. The molecule has 0 spiro atoms. The summed E-state index contributed by atoms with van der Waals surface area (Å²) < 4.78 is 0. The van der Waals surface area contributed by atoms with Crippen LogP contribution in [0.3, 0.4) is 0 Å². The number of anilines is 1. The fourth-order valence-electron chi connectivity index (χ4n) is 4.26. The molecule has 8 heteroatoms. The van der Waals surface area contributed by atoms with E-state index in [-0.39, 0.29) is 5.54 Å². The lowest BCUT2D eigenvalue weighted by atomic mass is 9.97. The Kier molecular flexibility index (Phi) is 4.29. The fourth-order valence-corrected chi connectivity index (χ4v) is 4.58. The molecule has 0 saturated carbocycles. The molecule has 1 fully saturated rings. The van der Waals surface area contributed by atoms with Crippen LogP contribution in [0.2, 0.25) is 10.0 Å². The van der Waals surface area contributed by atoms with Crippen molar-refractivity contribution in [2.24, 2.45) is 0 Å². The van der Waals surface area contributed by atoms with Gasteiger partial charge in [-0.2, -0.15) is 10.2 Å². The van der Waals surface area contributed by atoms with Gasteiger partial charge in [0, 0.05) is 16.6 Å². The third-order valence-electron chi connectivity index (χ3n) is 5.86. The van der Waals surface area contributed by atoms with Crippen LogP contribution in [-0.4, -0.2) is 31.5 Å². The van der Waals surface area contributed by atoms with E-state index in [1.165, 1.54) is 0 Å². The molecule has 0 radical (unpaired) electrons. The van der Waals surface area contributed by atoms with Crippen LogP contribution >= 0.6 is 23.2 Å². The van der Waals surface area contributed by atoms with Crippen LogP contribution in [0.15, 0.2) is 42.7 Å². The number of H-pyrrole nitrogens is 1. The smallest absolute Gasteiger partial charge is 0.132 e. The summed E-state index contributed by atoms with van der Waals surface area (Å²) in [6.45, 7) is 5.11. The number of hydrogen-bond donors (Lipinski definition) is 1. The average molecular weight is 427 g/mol. The lowest BCUT2D eigenvalue weighted by Crippen LogP contribution is -2.40. The summed E-state index contributed by atoms with van der Waals surface area (Å²) in [5.74, 6) is 0.926. The number of fused-ring (bicyclic) bond motifs is 1. The number of hydrogen-bond acceptors (Lipinski definition) is 4. The average Bonchev–Trinajstić information content (AvgIpc) is 3.44. The maximum Gasteiger partial charge on any atom is 0.132 e. The Labute approximate surface area is 178 Å². The molecule has 0 aliphatic carbocycles. The van der Waals surface area contributed by atoms with Gasteiger partial charge in [-0.1, -0.05) is 23.2 Å². The van der Waals surface area contributed by atoms with Crippen molar-refractivity contribution in [3.63, 3.8) is 0 Å². The normalized spacial score (nSPS) is 19.4. The van der Waals surface area contributed by atoms with Crippen LogP contribution in [0.4, 0.5) is 5.69 Å². The summed E-state index contributed by atoms with van der Waals surface area (Å²) in [7, 11) is 0. The van der Waals surface area contributed by atoms with E-state index in [4.69, 9.17) is 28.2 Å². The van der Waals surface area contributed by atoms with Gasteiger partial charge < -0.3 is 9.88 Å². The highest BCUT2D eigenvalue weighted by Crippen LogP contribution is 2.44. The van der Waals surface area contributed by atoms with Gasteiger partial charge in [-0.25, -0.2) is 4.98 Å². The first-order valence-electron chi connectivity index (χ1n) is 9.56. The molecule has 1 atom stereocenters. The van der Waals surface area contributed by atoms with Gasteiger partial charge >= 0.3 is 0 Å². The Hall–Kier alpha value is -2.57. The van der Waals surface area contributed by atoms with E-state index in [0.717, 1.165) is 58.2 Å². The first-order chi connectivity index (χ1) is 14.0. The molecule has 1 saturated heterocycles. The molecule has 5 rings (SSSR count). The molecule has 2 aromatic heterocycles. The van der Waals surface area contributed by atoms with Crippen LogP contribution in [0.5, 0.6) is 0 Å². The zero-order valence-corrected chi connectivity index (χ0v) is 17.7. The SMILES string of the molecule is Cc1c(Cl)ccc2[nH]c([C@]3(C)CCCN3c3cc(Cl)ccc3-n3nccn3)nc12. The summed E-state index contributed by atoms with van der Waals surface area (Å²) >= 11 is 12.7. The number of aryl methyl sites for hydroxylation is 1. The molecule has 1 aliphatic rings. The summed E-state index contributed by atoms with van der Waals surface area (Å²) in [6, 6.07) is 9.70. The quantitative estimate of drug-likeness (QED) is 0.484. The van der Waals surface area contributed by atoms with Crippen molar-refractivity contribution in [1.29, 1.82) is 0 Å². The molecule has 4 aromatic rings. The predicted molar refractivity (Wildman–Crippen MR) is 116 cm³/mol. The molecule has 0 amide bonds. The first kappa shape index (κ1) is 18.5. The van der Waals surface area contributed by atoms with E-state index in [0.29, 0.717) is 5.02 Å². The van der Waals surface area contributed by atoms with Gasteiger partial charge in [-0.3, -0.25) is 0 Å². The van der Waals surface area contributed by atoms with E-state index in [1.807, 2.05) is 37.3 Å². The van der Waals surface area contributed by atoms with E-state index >= 15 is 0 Å². The number of benzene rings is 2. The highest BCUT2D eigenvalue weighted by atomic mass is 35.5. The number of imidazole rings is 1. The van der Waals surface area contributed by atoms with E-state index in [1.54, 1.807) is 17.2 Å². The molecule has 3 heterocycles. The minimum Gasteiger partial charge on any atom is -0.357 e. The predicted octanol–water partition coefficient (Wildman–Crippen LogP) is 5.27. The van der Waals surface area contributed by atoms with Gasteiger partial charge in [0.05, 0.1) is 34.7 Å². The molecule has 6 nitrogen and oxygen atoms in total. The zero-order chi connectivity index (χ0) is 20.2. The topological polar surface area (TPSA) is 62.6 Å². The fraction of sp³-hybridized carbons (Fsp3) is 0.286. The van der Waals surface area contributed by atoms with E-state index < -0.39 is 0 Å². The Morgan fingerprint density at radius 1 is 1.07 bits per heavy atom.